The second-order valence-corrected chi connectivity index (χ2v) is 9.16. The number of benzene rings is 3. The van der Waals surface area contributed by atoms with Crippen molar-refractivity contribution < 1.29 is 15.0 Å². The van der Waals surface area contributed by atoms with Gasteiger partial charge in [0, 0.05) is 35.0 Å². The molecule has 1 atom stereocenters. The van der Waals surface area contributed by atoms with Crippen LogP contribution in [-0.4, -0.2) is 38.7 Å². The maximum atomic E-state index is 12.4. The first-order valence-corrected chi connectivity index (χ1v) is 12.4. The van der Waals surface area contributed by atoms with E-state index in [1.165, 1.54) is 6.42 Å². The highest BCUT2D eigenvalue weighted by atomic mass is 16.3. The van der Waals surface area contributed by atoms with Crippen molar-refractivity contribution >= 4 is 23.2 Å². The van der Waals surface area contributed by atoms with Crippen molar-refractivity contribution in [1.29, 1.82) is 0 Å². The van der Waals surface area contributed by atoms with Gasteiger partial charge >= 0.3 is 0 Å². The van der Waals surface area contributed by atoms with Crippen molar-refractivity contribution in [2.24, 2.45) is 0 Å². The van der Waals surface area contributed by atoms with Crippen molar-refractivity contribution in [2.75, 3.05) is 17.2 Å². The number of anilines is 3. The number of phenols is 2. The number of carbonyl (C=O) groups excluding carboxylic acids is 1. The van der Waals surface area contributed by atoms with Crippen LogP contribution in [0, 0.1) is 0 Å². The van der Waals surface area contributed by atoms with Gasteiger partial charge in [0.05, 0.1) is 11.4 Å². The van der Waals surface area contributed by atoms with Gasteiger partial charge in [-0.2, -0.15) is 0 Å². The Labute approximate surface area is 215 Å². The molecular formula is C29H29N5O3. The van der Waals surface area contributed by atoms with Crippen LogP contribution in [0.15, 0.2) is 78.9 Å². The zero-order chi connectivity index (χ0) is 25.6. The second kappa shape index (κ2) is 11.1. The number of rotatable bonds is 7. The van der Waals surface area contributed by atoms with Crippen molar-refractivity contribution in [1.82, 2.24) is 15.3 Å². The summed E-state index contributed by atoms with van der Waals surface area (Å²) < 4.78 is 0. The van der Waals surface area contributed by atoms with E-state index in [2.05, 4.69) is 25.9 Å². The van der Waals surface area contributed by atoms with E-state index in [0.717, 1.165) is 41.9 Å². The number of phenolic OH excluding ortho intramolecular Hbond substituents is 2. The Balaban J connectivity index is 1.34. The molecule has 1 saturated heterocycles. The Morgan fingerprint density at radius 2 is 1.38 bits per heavy atom. The molecule has 2 heterocycles. The van der Waals surface area contributed by atoms with E-state index in [9.17, 15) is 15.0 Å². The van der Waals surface area contributed by atoms with Crippen LogP contribution in [0.1, 0.15) is 25.7 Å². The molecule has 3 aromatic carbocycles. The largest absolute Gasteiger partial charge is 0.508 e. The van der Waals surface area contributed by atoms with E-state index in [0.29, 0.717) is 23.8 Å². The number of carbonyl (C=O) groups is 1. The lowest BCUT2D eigenvalue weighted by molar-refractivity contribution is -0.116. The lowest BCUT2D eigenvalue weighted by Crippen LogP contribution is -2.36. The molecule has 0 aliphatic carbocycles. The molecule has 0 saturated carbocycles. The van der Waals surface area contributed by atoms with E-state index in [1.54, 1.807) is 48.5 Å². The van der Waals surface area contributed by atoms with Gasteiger partial charge in [0.1, 0.15) is 11.5 Å². The lowest BCUT2D eigenvalue weighted by Gasteiger charge is -2.22. The predicted molar refractivity (Wildman–Crippen MR) is 145 cm³/mol. The monoisotopic (exact) mass is 495 g/mol. The molecule has 0 radical (unpaired) electrons. The third-order valence-electron chi connectivity index (χ3n) is 6.32. The predicted octanol–water partition coefficient (Wildman–Crippen LogP) is 5.44. The van der Waals surface area contributed by atoms with E-state index >= 15 is 0 Å². The summed E-state index contributed by atoms with van der Waals surface area (Å²) in [6.45, 7) is 0.975. The normalized spacial score (nSPS) is 15.2. The van der Waals surface area contributed by atoms with Crippen LogP contribution in [0.3, 0.4) is 0 Å². The lowest BCUT2D eigenvalue weighted by atomic mass is 10.0. The number of nitrogens with zero attached hydrogens (tertiary/aromatic N) is 2. The van der Waals surface area contributed by atoms with E-state index in [-0.39, 0.29) is 23.4 Å². The van der Waals surface area contributed by atoms with Crippen LogP contribution in [0.2, 0.25) is 0 Å². The molecule has 188 valence electrons. The van der Waals surface area contributed by atoms with E-state index in [1.807, 2.05) is 30.3 Å². The fourth-order valence-electron chi connectivity index (χ4n) is 4.36. The van der Waals surface area contributed by atoms with Gasteiger partial charge in [-0.1, -0.05) is 6.42 Å². The Kier molecular flexibility index (Phi) is 7.28. The summed E-state index contributed by atoms with van der Waals surface area (Å²) in [6.07, 6.45) is 3.84. The van der Waals surface area contributed by atoms with E-state index < -0.39 is 0 Å². The number of hydrogen-bond acceptors (Lipinski definition) is 7. The molecule has 37 heavy (non-hydrogen) atoms. The Bertz CT molecular complexity index is 1290. The summed E-state index contributed by atoms with van der Waals surface area (Å²) in [5, 5.41) is 29.0. The molecule has 8 heteroatoms. The van der Waals surface area contributed by atoms with Gasteiger partial charge in [-0.25, -0.2) is 9.97 Å². The van der Waals surface area contributed by atoms with Crippen molar-refractivity contribution in [2.45, 2.75) is 31.7 Å². The highest BCUT2D eigenvalue weighted by Crippen LogP contribution is 2.28. The molecule has 1 aromatic heterocycles. The molecule has 1 aliphatic rings. The quantitative estimate of drug-likeness (QED) is 0.232. The molecule has 5 N–H and O–H groups in total. The zero-order valence-electron chi connectivity index (χ0n) is 20.3. The van der Waals surface area contributed by atoms with Crippen molar-refractivity contribution in [3.8, 4) is 34.0 Å². The van der Waals surface area contributed by atoms with Gasteiger partial charge in [-0.3, -0.25) is 4.79 Å². The average Bonchev–Trinajstić information content (AvgIpc) is 2.91. The van der Waals surface area contributed by atoms with Gasteiger partial charge in [0.15, 0.2) is 0 Å². The third kappa shape index (κ3) is 6.42. The number of hydrogen-bond donors (Lipinski definition) is 5. The topological polar surface area (TPSA) is 119 Å². The minimum absolute atomic E-state index is 0.00332. The smallest absolute Gasteiger partial charge is 0.228 e. The van der Waals surface area contributed by atoms with Gasteiger partial charge in [-0.15, -0.1) is 0 Å². The van der Waals surface area contributed by atoms with Crippen LogP contribution in [0.4, 0.5) is 17.3 Å². The first-order valence-electron chi connectivity index (χ1n) is 12.4. The molecule has 1 fully saturated rings. The zero-order valence-corrected chi connectivity index (χ0v) is 20.3. The van der Waals surface area contributed by atoms with Crippen LogP contribution >= 0.6 is 0 Å². The Hall–Kier alpha value is -4.43. The van der Waals surface area contributed by atoms with Gasteiger partial charge in [0.25, 0.3) is 0 Å². The fraction of sp³-hybridized carbons (Fsp3) is 0.207. The molecule has 8 nitrogen and oxygen atoms in total. The Morgan fingerprint density at radius 1 is 0.811 bits per heavy atom. The summed E-state index contributed by atoms with van der Waals surface area (Å²) in [5.74, 6) is 0.756. The second-order valence-electron chi connectivity index (χ2n) is 9.16. The number of aromatic hydroxyl groups is 2. The minimum atomic E-state index is 0.00332. The number of aromatic nitrogens is 2. The van der Waals surface area contributed by atoms with Crippen molar-refractivity contribution in [3.63, 3.8) is 0 Å². The SMILES string of the molecule is O=C(CC1CCCCN1)Nc1ccc(Nc2nc(-c3ccc(O)cc3)cc(-c3ccc(O)cc3)n2)cc1. The number of nitrogens with one attached hydrogen (secondary N) is 3. The maximum Gasteiger partial charge on any atom is 0.228 e. The van der Waals surface area contributed by atoms with Crippen LogP contribution in [-0.2, 0) is 4.79 Å². The third-order valence-corrected chi connectivity index (χ3v) is 6.32. The highest BCUT2D eigenvalue weighted by Gasteiger charge is 2.16. The summed E-state index contributed by atoms with van der Waals surface area (Å²) >= 11 is 0. The van der Waals surface area contributed by atoms with Crippen LogP contribution < -0.4 is 16.0 Å². The standard InChI is InChI=1S/C29H29N5O3/c35-24-12-4-19(5-13-24)26-18-27(20-6-14-25(36)15-7-20)34-29(33-26)32-22-10-8-21(9-11-22)31-28(37)17-23-3-1-2-16-30-23/h4-15,18,23,30,35-36H,1-3,16-17H2,(H,31,37)(H,32,33,34). The molecule has 1 aliphatic heterocycles. The summed E-state index contributed by atoms with van der Waals surface area (Å²) in [4.78, 5) is 21.8. The summed E-state index contributed by atoms with van der Waals surface area (Å²) in [6, 6.07) is 23.2. The van der Waals surface area contributed by atoms with Crippen LogP contribution in [0.25, 0.3) is 22.5 Å². The molecule has 0 spiro atoms. The van der Waals surface area contributed by atoms with E-state index in [4.69, 9.17) is 0 Å². The first kappa shape index (κ1) is 24.3. The summed E-state index contributed by atoms with van der Waals surface area (Å²) in [7, 11) is 0. The highest BCUT2D eigenvalue weighted by molar-refractivity contribution is 5.91. The molecule has 4 aromatic rings. The molecule has 1 unspecified atom stereocenters. The fourth-order valence-corrected chi connectivity index (χ4v) is 4.36. The first-order chi connectivity index (χ1) is 18.0. The average molecular weight is 496 g/mol. The maximum absolute atomic E-state index is 12.4. The molecular weight excluding hydrogens is 466 g/mol. The number of piperidine rings is 1. The van der Waals surface area contributed by atoms with Gasteiger partial charge < -0.3 is 26.2 Å². The molecule has 0 bridgehead atoms. The molecule has 1 amide bonds. The van der Waals surface area contributed by atoms with Gasteiger partial charge in [0.2, 0.25) is 11.9 Å². The van der Waals surface area contributed by atoms with Gasteiger partial charge in [-0.05, 0) is 98.2 Å². The summed E-state index contributed by atoms with van der Waals surface area (Å²) in [5.41, 5.74) is 4.52. The number of amides is 1. The van der Waals surface area contributed by atoms with Crippen LogP contribution in [0.5, 0.6) is 11.5 Å². The Morgan fingerprint density at radius 3 is 1.92 bits per heavy atom. The van der Waals surface area contributed by atoms with Crippen molar-refractivity contribution in [3.05, 3.63) is 78.9 Å². The minimum Gasteiger partial charge on any atom is -0.508 e. The molecule has 5 rings (SSSR count).